The second-order valence-electron chi connectivity index (χ2n) is 4.87. The molecule has 0 aliphatic heterocycles. The van der Waals surface area contributed by atoms with Gasteiger partial charge in [-0.3, -0.25) is 0 Å². The van der Waals surface area contributed by atoms with Crippen molar-refractivity contribution in [3.63, 3.8) is 0 Å². The van der Waals surface area contributed by atoms with E-state index in [0.717, 1.165) is 16.6 Å². The zero-order chi connectivity index (χ0) is 13.7. The van der Waals surface area contributed by atoms with Gasteiger partial charge in [-0.1, -0.05) is 22.0 Å². The Labute approximate surface area is 123 Å². The van der Waals surface area contributed by atoms with E-state index in [9.17, 15) is 0 Å². The fourth-order valence-corrected chi connectivity index (χ4v) is 3.11. The molecule has 1 aromatic rings. The molecule has 0 amide bonds. The fourth-order valence-electron chi connectivity index (χ4n) is 1.88. The molecule has 18 heavy (non-hydrogen) atoms. The lowest BCUT2D eigenvalue weighted by Gasteiger charge is -2.27. The molecule has 1 rings (SSSR count). The van der Waals surface area contributed by atoms with Crippen LogP contribution >= 0.6 is 27.7 Å². The van der Waals surface area contributed by atoms with Gasteiger partial charge in [-0.25, -0.2) is 0 Å². The SMILES string of the molecule is CSCC(C)N(C)c1ccc(CC(C)N)c(Br)c1. The minimum Gasteiger partial charge on any atom is -0.371 e. The summed E-state index contributed by atoms with van der Waals surface area (Å²) >= 11 is 5.52. The monoisotopic (exact) mass is 330 g/mol. The van der Waals surface area contributed by atoms with Gasteiger partial charge < -0.3 is 10.6 Å². The van der Waals surface area contributed by atoms with Gasteiger partial charge in [0.05, 0.1) is 0 Å². The van der Waals surface area contributed by atoms with Crippen LogP contribution < -0.4 is 10.6 Å². The summed E-state index contributed by atoms with van der Waals surface area (Å²) in [6.45, 7) is 4.29. The van der Waals surface area contributed by atoms with Crippen molar-refractivity contribution < 1.29 is 0 Å². The van der Waals surface area contributed by atoms with Crippen LogP contribution in [0.2, 0.25) is 0 Å². The number of anilines is 1. The van der Waals surface area contributed by atoms with E-state index in [1.54, 1.807) is 0 Å². The van der Waals surface area contributed by atoms with Crippen molar-refractivity contribution in [2.45, 2.75) is 32.4 Å². The Balaban J connectivity index is 2.83. The van der Waals surface area contributed by atoms with Crippen molar-refractivity contribution in [2.75, 3.05) is 24.0 Å². The summed E-state index contributed by atoms with van der Waals surface area (Å²) in [6.07, 6.45) is 3.05. The fraction of sp³-hybridized carbons (Fsp3) is 0.571. The maximum absolute atomic E-state index is 5.84. The number of rotatable bonds is 6. The summed E-state index contributed by atoms with van der Waals surface area (Å²) in [5.41, 5.74) is 8.37. The highest BCUT2D eigenvalue weighted by atomic mass is 79.9. The third-order valence-corrected chi connectivity index (χ3v) is 4.61. The molecule has 2 nitrogen and oxygen atoms in total. The molecule has 2 unspecified atom stereocenters. The molecule has 0 spiro atoms. The molecule has 0 aromatic heterocycles. The first-order chi connectivity index (χ1) is 8.45. The first-order valence-electron chi connectivity index (χ1n) is 6.21. The highest BCUT2D eigenvalue weighted by Crippen LogP contribution is 2.26. The molecular weight excluding hydrogens is 308 g/mol. The molecule has 0 heterocycles. The van der Waals surface area contributed by atoms with Crippen LogP contribution in [0.25, 0.3) is 0 Å². The molecule has 2 atom stereocenters. The van der Waals surface area contributed by atoms with Gasteiger partial charge in [-0.2, -0.15) is 11.8 Å². The molecule has 0 saturated carbocycles. The van der Waals surface area contributed by atoms with E-state index in [-0.39, 0.29) is 6.04 Å². The van der Waals surface area contributed by atoms with Gasteiger partial charge in [-0.15, -0.1) is 0 Å². The van der Waals surface area contributed by atoms with Crippen molar-refractivity contribution in [1.82, 2.24) is 0 Å². The molecule has 2 N–H and O–H groups in total. The number of nitrogens with zero attached hydrogens (tertiary/aromatic N) is 1. The van der Waals surface area contributed by atoms with E-state index in [0.29, 0.717) is 6.04 Å². The van der Waals surface area contributed by atoms with Crippen LogP contribution in [-0.4, -0.2) is 31.1 Å². The maximum atomic E-state index is 5.84. The second kappa shape index (κ2) is 7.41. The van der Waals surface area contributed by atoms with Crippen LogP contribution in [0.15, 0.2) is 22.7 Å². The first kappa shape index (κ1) is 15.9. The van der Waals surface area contributed by atoms with Gasteiger partial charge in [-0.05, 0) is 44.2 Å². The Morgan fingerprint density at radius 1 is 1.39 bits per heavy atom. The van der Waals surface area contributed by atoms with Gasteiger partial charge in [0, 0.05) is 35.0 Å². The zero-order valence-corrected chi connectivity index (χ0v) is 14.0. The zero-order valence-electron chi connectivity index (χ0n) is 11.6. The molecule has 102 valence electrons. The van der Waals surface area contributed by atoms with E-state index < -0.39 is 0 Å². The van der Waals surface area contributed by atoms with Crippen LogP contribution in [0.1, 0.15) is 19.4 Å². The highest BCUT2D eigenvalue weighted by Gasteiger charge is 2.11. The number of benzene rings is 1. The Bertz CT molecular complexity index is 382. The van der Waals surface area contributed by atoms with Crippen molar-refractivity contribution in [1.29, 1.82) is 0 Å². The highest BCUT2D eigenvalue weighted by molar-refractivity contribution is 9.10. The first-order valence-corrected chi connectivity index (χ1v) is 8.40. The summed E-state index contributed by atoms with van der Waals surface area (Å²) < 4.78 is 1.15. The van der Waals surface area contributed by atoms with Crippen molar-refractivity contribution in [3.05, 3.63) is 28.2 Å². The third-order valence-electron chi connectivity index (χ3n) is 3.05. The Morgan fingerprint density at radius 2 is 2.06 bits per heavy atom. The summed E-state index contributed by atoms with van der Waals surface area (Å²) in [7, 11) is 2.15. The Hall–Kier alpha value is -0.190. The summed E-state index contributed by atoms with van der Waals surface area (Å²) in [5.74, 6) is 1.13. The largest absolute Gasteiger partial charge is 0.371 e. The Kier molecular flexibility index (Phi) is 6.53. The predicted molar refractivity (Wildman–Crippen MR) is 87.7 cm³/mol. The average molecular weight is 331 g/mol. The van der Waals surface area contributed by atoms with Gasteiger partial charge in [0.2, 0.25) is 0 Å². The van der Waals surface area contributed by atoms with Crippen molar-refractivity contribution in [3.8, 4) is 0 Å². The molecule has 0 aliphatic rings. The lowest BCUT2D eigenvalue weighted by atomic mass is 10.1. The van der Waals surface area contributed by atoms with E-state index in [2.05, 4.69) is 59.3 Å². The van der Waals surface area contributed by atoms with Crippen molar-refractivity contribution >= 4 is 33.4 Å². The van der Waals surface area contributed by atoms with Crippen LogP contribution in [0.3, 0.4) is 0 Å². The second-order valence-corrected chi connectivity index (χ2v) is 6.64. The van der Waals surface area contributed by atoms with Gasteiger partial charge in [0.25, 0.3) is 0 Å². The number of hydrogen-bond donors (Lipinski definition) is 1. The topological polar surface area (TPSA) is 29.3 Å². The Morgan fingerprint density at radius 3 is 2.56 bits per heavy atom. The van der Waals surface area contributed by atoms with Crippen LogP contribution in [0.5, 0.6) is 0 Å². The number of thioether (sulfide) groups is 1. The average Bonchev–Trinajstić information content (AvgIpc) is 2.30. The van der Waals surface area contributed by atoms with Crippen molar-refractivity contribution in [2.24, 2.45) is 5.73 Å². The summed E-state index contributed by atoms with van der Waals surface area (Å²) in [6, 6.07) is 7.27. The lowest BCUT2D eigenvalue weighted by molar-refractivity contribution is 0.734. The quantitative estimate of drug-likeness (QED) is 0.865. The van der Waals surface area contributed by atoms with E-state index in [4.69, 9.17) is 5.73 Å². The smallest absolute Gasteiger partial charge is 0.0377 e. The molecule has 0 radical (unpaired) electrons. The third kappa shape index (κ3) is 4.48. The van der Waals surface area contributed by atoms with E-state index in [1.165, 1.54) is 11.3 Å². The molecule has 4 heteroatoms. The molecule has 0 saturated heterocycles. The lowest BCUT2D eigenvalue weighted by Crippen LogP contribution is -2.30. The van der Waals surface area contributed by atoms with Crippen LogP contribution in [0, 0.1) is 0 Å². The normalized spacial score (nSPS) is 14.3. The molecule has 0 aliphatic carbocycles. The number of hydrogen-bond acceptors (Lipinski definition) is 3. The van der Waals surface area contributed by atoms with Crippen LogP contribution in [-0.2, 0) is 6.42 Å². The predicted octanol–water partition coefficient (Wildman–Crippen LogP) is 3.53. The maximum Gasteiger partial charge on any atom is 0.0377 e. The number of halogens is 1. The van der Waals surface area contributed by atoms with E-state index >= 15 is 0 Å². The standard InChI is InChI=1S/C14H23BrN2S/c1-10(16)7-12-5-6-13(8-14(12)15)17(3)11(2)9-18-4/h5-6,8,10-11H,7,9,16H2,1-4H3. The van der Waals surface area contributed by atoms with Gasteiger partial charge in [0.15, 0.2) is 0 Å². The molecular formula is C14H23BrN2S. The summed E-state index contributed by atoms with van der Waals surface area (Å²) in [4.78, 5) is 2.32. The molecule has 0 fully saturated rings. The van der Waals surface area contributed by atoms with Gasteiger partial charge >= 0.3 is 0 Å². The van der Waals surface area contributed by atoms with Gasteiger partial charge in [0.1, 0.15) is 0 Å². The van der Waals surface area contributed by atoms with E-state index in [1.807, 2.05) is 18.7 Å². The van der Waals surface area contributed by atoms with Crippen LogP contribution in [0.4, 0.5) is 5.69 Å². The molecule has 1 aromatic carbocycles. The minimum atomic E-state index is 0.195. The minimum absolute atomic E-state index is 0.195. The molecule has 0 bridgehead atoms. The summed E-state index contributed by atoms with van der Waals surface area (Å²) in [5, 5.41) is 0. The number of nitrogens with two attached hydrogens (primary N) is 1.